The third-order valence-electron chi connectivity index (χ3n) is 32.9. The van der Waals surface area contributed by atoms with E-state index < -0.39 is 0 Å². The molecule has 0 unspecified atom stereocenters. The molecule has 2 nitrogen and oxygen atoms in total. The quantitative estimate of drug-likeness (QED) is 0.0280. The zero-order valence-corrected chi connectivity index (χ0v) is 90.4. The van der Waals surface area contributed by atoms with Crippen molar-refractivity contribution < 1.29 is 0 Å². The number of thiophene rings is 2. The molecule has 0 radical (unpaired) electrons. The van der Waals surface area contributed by atoms with Crippen LogP contribution in [-0.4, -0.2) is 22.9 Å². The minimum absolute atomic E-state index is 0.0665. The molecule has 16 rings (SSSR count). The first-order chi connectivity index (χ1) is 69.2. The summed E-state index contributed by atoms with van der Waals surface area (Å²) in [6.45, 7) is 14.1. The second-order valence-electron chi connectivity index (χ2n) is 42.7. The third-order valence-corrected chi connectivity index (χ3v) is 35.6. The second kappa shape index (κ2) is 54.2. The Bertz CT molecular complexity index is 5950. The molecule has 0 bridgehead atoms. The summed E-state index contributed by atoms with van der Waals surface area (Å²) in [4.78, 5) is 2.55. The van der Waals surface area contributed by atoms with Gasteiger partial charge in [0, 0.05) is 20.6 Å². The number of hydrogen-bond donors (Lipinski definition) is 0. The average molecular weight is 1960 g/mol. The third kappa shape index (κ3) is 25.9. The molecule has 0 N–H and O–H groups in total. The first-order valence-electron chi connectivity index (χ1n) is 57.1. The molecule has 3 aliphatic carbocycles. The molecule has 0 saturated heterocycles. The smallest absolute Gasteiger partial charge is 0.144 e. The van der Waals surface area contributed by atoms with Crippen LogP contribution in [-0.2, 0) is 16.2 Å². The van der Waals surface area contributed by atoms with E-state index in [0.29, 0.717) is 0 Å². The molecular weight excluding hydrogens is 1790 g/mol. The van der Waals surface area contributed by atoms with Gasteiger partial charge in [0.15, 0.2) is 0 Å². The van der Waals surface area contributed by atoms with E-state index in [1.165, 1.54) is 453 Å². The molecule has 0 spiro atoms. The van der Waals surface area contributed by atoms with Gasteiger partial charge in [0.1, 0.15) is 0 Å². The van der Waals surface area contributed by atoms with Crippen molar-refractivity contribution in [3.8, 4) is 100 Å². The van der Waals surface area contributed by atoms with Crippen molar-refractivity contribution in [1.82, 2.24) is 7.96 Å². The van der Waals surface area contributed by atoms with Crippen LogP contribution in [0.25, 0.3) is 135 Å². The van der Waals surface area contributed by atoms with Crippen LogP contribution in [0.15, 0.2) is 229 Å². The fraction of sp³-hybridized carbons (Fsp3) is 0.467. The van der Waals surface area contributed by atoms with Gasteiger partial charge in [0.2, 0.25) is 0 Å². The fourth-order valence-corrected chi connectivity index (χ4v) is 27.4. The molecule has 10 aromatic carbocycles. The molecule has 0 saturated carbocycles. The van der Waals surface area contributed by atoms with Crippen molar-refractivity contribution >= 4 is 73.0 Å². The van der Waals surface area contributed by atoms with Crippen molar-refractivity contribution in [3.05, 3.63) is 283 Å². The van der Waals surface area contributed by atoms with Gasteiger partial charge in [-0.05, 0) is 175 Å². The topological polar surface area (TPSA) is 25.8 Å². The van der Waals surface area contributed by atoms with Crippen molar-refractivity contribution in [1.29, 1.82) is 0 Å². The van der Waals surface area contributed by atoms with E-state index in [1.54, 1.807) is 22.3 Å². The Kier molecular flexibility index (Phi) is 40.3. The molecule has 3 aromatic heterocycles. The van der Waals surface area contributed by atoms with E-state index in [1.807, 2.05) is 22.7 Å². The van der Waals surface area contributed by atoms with Gasteiger partial charge < -0.3 is 0 Å². The molecule has 5 heteroatoms. The number of unbranched alkanes of at least 4 members (excludes halogenated alkanes) is 42. The molecule has 0 fully saturated rings. The summed E-state index contributed by atoms with van der Waals surface area (Å²) in [5.74, 6) is 0. The van der Waals surface area contributed by atoms with Gasteiger partial charge in [-0.15, -0.1) is 22.7 Å². The van der Waals surface area contributed by atoms with E-state index in [-0.39, 0.29) is 31.2 Å². The zero-order chi connectivity index (χ0) is 96.2. The first kappa shape index (κ1) is 104. The van der Waals surface area contributed by atoms with Gasteiger partial charge in [0.25, 0.3) is 0 Å². The summed E-state index contributed by atoms with van der Waals surface area (Å²) < 4.78 is 10.5. The number of nitrogens with zero attached hydrogens (tertiary/aromatic N) is 2. The second-order valence-corrected chi connectivity index (χ2v) is 45.8. The van der Waals surface area contributed by atoms with E-state index in [9.17, 15) is 0 Å². The number of rotatable bonds is 64. The maximum absolute atomic E-state index is 5.30. The minimum atomic E-state index is -0.190. The summed E-state index contributed by atoms with van der Waals surface area (Å²) in [6, 6.07) is 88.4. The van der Waals surface area contributed by atoms with Gasteiger partial charge in [-0.2, -0.15) is 0 Å². The monoisotopic (exact) mass is 1960 g/mol. The number of aromatic nitrogens is 2. The van der Waals surface area contributed by atoms with Crippen LogP contribution in [0.2, 0.25) is 0 Å². The van der Waals surface area contributed by atoms with Gasteiger partial charge >= 0.3 is 250 Å². The van der Waals surface area contributed by atoms with Crippen LogP contribution in [0.5, 0.6) is 0 Å². The Morgan fingerprint density at radius 3 is 0.700 bits per heavy atom. The molecule has 0 aliphatic heterocycles. The summed E-state index contributed by atoms with van der Waals surface area (Å²) in [7, 11) is 0. The number of benzene rings is 10. The van der Waals surface area contributed by atoms with E-state index in [4.69, 9.17) is 7.96 Å². The van der Waals surface area contributed by atoms with Crippen LogP contribution >= 0.6 is 22.7 Å². The van der Waals surface area contributed by atoms with E-state index in [2.05, 4.69) is 295 Å². The Morgan fingerprint density at radius 1 is 0.200 bits per heavy atom. The minimum Gasteiger partial charge on any atom is -0.144 e. The number of fused-ring (bicyclic) bond motifs is 10. The van der Waals surface area contributed by atoms with E-state index >= 15 is 0 Å². The Hall–Kier alpha value is -8.80. The molecule has 13 aromatic rings. The Morgan fingerprint density at radius 2 is 0.429 bits per heavy atom. The van der Waals surface area contributed by atoms with Crippen LogP contribution in [0, 0.1) is 0 Å². The van der Waals surface area contributed by atoms with Crippen LogP contribution in [0.1, 0.15) is 443 Å². The summed E-state index contributed by atoms with van der Waals surface area (Å²) >= 11 is 3.49. The average Bonchev–Trinajstić information content (AvgIpc) is 1.55. The predicted molar refractivity (Wildman–Crippen MR) is 618 cm³/mol. The van der Waals surface area contributed by atoms with Crippen LogP contribution < -0.4 is 0 Å². The van der Waals surface area contributed by atoms with Crippen LogP contribution in [0.3, 0.4) is 0 Å². The molecule has 140 heavy (non-hydrogen) atoms. The zero-order valence-electron chi connectivity index (χ0n) is 87.1. The van der Waals surface area contributed by atoms with Gasteiger partial charge in [-0.25, -0.2) is 0 Å². The fourth-order valence-electron chi connectivity index (χ4n) is 25.0. The predicted octanol–water partition coefficient (Wildman–Crippen LogP) is 43.1. The molecule has 3 aliphatic rings. The van der Waals surface area contributed by atoms with Crippen molar-refractivity contribution in [2.24, 2.45) is 0 Å². The summed E-state index contributed by atoms with van der Waals surface area (Å²) in [6.07, 6.45) is 80.1. The normalized spacial score (nSPS) is 13.6. The van der Waals surface area contributed by atoms with Crippen molar-refractivity contribution in [3.63, 3.8) is 0 Å². The van der Waals surface area contributed by atoms with Gasteiger partial charge in [-0.3, -0.25) is 0 Å². The standard InChI is InChI=1S/C135H168N2S2Se/c1-7-13-19-25-31-37-43-55-87-133(88-56-44-38-32-26-20-14-8-2)125-97-105(103-63-51-49-52-64-103)71-79-117(125)118-80-72-106(98-126(118)133)107-73-81-119-121-83-75-111(101-129(121)134(127(119)99-107,89-57-45-39-33-27-21-15-9-3)90-58-46-40-34-28-22-16-10-4)123-95-109(70-78-114-68-62-94-139-114)124(96-108(123)69-77-113-67-61-93-138-113)112-76-84-122-120-82-74-110(116-86-85-115(104-65-53-50-54-66-104)131-132(116)137-140-136-131)100-128(120)135(130(122)102-112,91-59-47-41-35-29-23-17-11-5)92-60-48-42-36-30-24-18-12-6/h49-54,61-86,93-102H,7-48,55-60,87-92H2,1-6H3/b77-69+,78-70+. The van der Waals surface area contributed by atoms with Gasteiger partial charge in [-0.1, -0.05) is 402 Å². The summed E-state index contributed by atoms with van der Waals surface area (Å²) in [5, 5.41) is 4.50. The van der Waals surface area contributed by atoms with Crippen LogP contribution in [0.4, 0.5) is 0 Å². The SMILES string of the molecule is CCCCCCCCCCC1(CCCCCCCCCC)c2cc(-c3ccccc3)ccc2-c2ccc(-c3ccc4c(c3)C(CCCCCCCCCC)(CCCCCCCCCC)c3cc(-c5cc(/C=C/c6cccs6)c(-c6ccc7c(c6)C(CCCCCCCCCC)(CCCCCCCCCC)c6cc(-c8ccc(-c9ccccc9)c9n[se]nc89)ccc6-7)cc5/C=C/c5cccs5)ccc3-4)cc21. The van der Waals surface area contributed by atoms with Crippen molar-refractivity contribution in [2.75, 3.05) is 0 Å². The van der Waals surface area contributed by atoms with Crippen molar-refractivity contribution in [2.45, 2.75) is 405 Å². The Labute approximate surface area is 862 Å². The molecule has 0 atom stereocenters. The molecular formula is C135H168N2S2Se. The Balaban J connectivity index is 0.834. The molecule has 736 valence electrons. The molecule has 0 amide bonds. The maximum atomic E-state index is 5.30. The van der Waals surface area contributed by atoms with Gasteiger partial charge in [0.05, 0.1) is 0 Å². The summed E-state index contributed by atoms with van der Waals surface area (Å²) in [5.41, 5.74) is 38.0. The first-order valence-corrected chi connectivity index (χ1v) is 60.4. The van der Waals surface area contributed by atoms with E-state index in [0.717, 1.165) is 36.7 Å². The molecule has 3 heterocycles. The number of hydrogen-bond acceptors (Lipinski definition) is 4.